The molecule has 0 aliphatic heterocycles. The second-order valence-corrected chi connectivity index (χ2v) is 5.38. The van der Waals surface area contributed by atoms with E-state index < -0.39 is 5.97 Å². The Balaban J connectivity index is 3.97. The lowest BCUT2D eigenvalue weighted by Crippen LogP contribution is -2.29. The molecular weight excluding hydrogens is 164 g/mol. The average Bonchev–Trinajstić information content (AvgIpc) is 1.82. The van der Waals surface area contributed by atoms with Gasteiger partial charge in [-0.15, -0.1) is 0 Å². The van der Waals surface area contributed by atoms with Crippen LogP contribution < -0.4 is 0 Å². The Morgan fingerprint density at radius 3 is 1.92 bits per heavy atom. The SMILES string of the molecule is CC(C)(C)C(C)(C)CCCC(=O)O. The summed E-state index contributed by atoms with van der Waals surface area (Å²) in [7, 11) is 0. The van der Waals surface area contributed by atoms with Crippen LogP contribution in [0.25, 0.3) is 0 Å². The zero-order valence-electron chi connectivity index (χ0n) is 9.48. The van der Waals surface area contributed by atoms with Gasteiger partial charge in [-0.3, -0.25) is 4.79 Å². The third-order valence-corrected chi connectivity index (χ3v) is 3.22. The maximum Gasteiger partial charge on any atom is 0.303 e. The summed E-state index contributed by atoms with van der Waals surface area (Å²) in [5.41, 5.74) is 0.452. The Labute approximate surface area is 81.3 Å². The number of carboxylic acids is 1. The molecule has 0 bridgehead atoms. The topological polar surface area (TPSA) is 37.3 Å². The van der Waals surface area contributed by atoms with Crippen molar-refractivity contribution in [1.82, 2.24) is 0 Å². The molecule has 0 spiro atoms. The first-order valence-electron chi connectivity index (χ1n) is 4.88. The van der Waals surface area contributed by atoms with Crippen molar-refractivity contribution in [3.05, 3.63) is 0 Å². The van der Waals surface area contributed by atoms with Crippen LogP contribution in [0.2, 0.25) is 0 Å². The van der Waals surface area contributed by atoms with Gasteiger partial charge in [-0.1, -0.05) is 34.6 Å². The first-order valence-corrected chi connectivity index (χ1v) is 4.88. The number of aliphatic carboxylic acids is 1. The molecule has 0 aliphatic carbocycles. The van der Waals surface area contributed by atoms with E-state index in [2.05, 4.69) is 34.6 Å². The molecule has 0 aromatic rings. The second-order valence-electron chi connectivity index (χ2n) is 5.38. The molecule has 0 saturated carbocycles. The number of carboxylic acid groups (broad SMARTS) is 1. The van der Waals surface area contributed by atoms with Gasteiger partial charge in [0.2, 0.25) is 0 Å². The third kappa shape index (κ3) is 4.30. The highest BCUT2D eigenvalue weighted by atomic mass is 16.4. The van der Waals surface area contributed by atoms with Crippen LogP contribution in [0, 0.1) is 10.8 Å². The summed E-state index contributed by atoms with van der Waals surface area (Å²) in [6, 6.07) is 0. The molecule has 0 heterocycles. The molecule has 13 heavy (non-hydrogen) atoms. The summed E-state index contributed by atoms with van der Waals surface area (Å²) in [5.74, 6) is -0.690. The molecule has 0 amide bonds. The van der Waals surface area contributed by atoms with Crippen molar-refractivity contribution in [1.29, 1.82) is 0 Å². The van der Waals surface area contributed by atoms with E-state index >= 15 is 0 Å². The van der Waals surface area contributed by atoms with Crippen LogP contribution in [0.4, 0.5) is 0 Å². The minimum absolute atomic E-state index is 0.211. The molecule has 0 aromatic carbocycles. The van der Waals surface area contributed by atoms with Crippen LogP contribution in [-0.2, 0) is 4.79 Å². The first kappa shape index (κ1) is 12.5. The van der Waals surface area contributed by atoms with Gasteiger partial charge >= 0.3 is 5.97 Å². The van der Waals surface area contributed by atoms with E-state index in [-0.39, 0.29) is 10.8 Å². The van der Waals surface area contributed by atoms with Crippen molar-refractivity contribution in [3.8, 4) is 0 Å². The third-order valence-electron chi connectivity index (χ3n) is 3.22. The van der Waals surface area contributed by atoms with Crippen LogP contribution in [0.15, 0.2) is 0 Å². The van der Waals surface area contributed by atoms with Crippen molar-refractivity contribution in [2.24, 2.45) is 10.8 Å². The van der Waals surface area contributed by atoms with Crippen LogP contribution in [0.3, 0.4) is 0 Å². The monoisotopic (exact) mass is 186 g/mol. The number of rotatable bonds is 4. The normalized spacial score (nSPS) is 13.0. The molecule has 0 atom stereocenters. The molecule has 78 valence electrons. The van der Waals surface area contributed by atoms with Crippen molar-refractivity contribution in [2.45, 2.75) is 53.9 Å². The van der Waals surface area contributed by atoms with Gasteiger partial charge < -0.3 is 5.11 Å². The fraction of sp³-hybridized carbons (Fsp3) is 0.909. The summed E-state index contributed by atoms with van der Waals surface area (Å²) < 4.78 is 0. The Morgan fingerprint density at radius 1 is 1.15 bits per heavy atom. The fourth-order valence-corrected chi connectivity index (χ4v) is 1.06. The molecular formula is C11H22O2. The van der Waals surface area contributed by atoms with Gasteiger partial charge in [-0.2, -0.15) is 0 Å². The minimum atomic E-state index is -0.690. The lowest BCUT2D eigenvalue weighted by molar-refractivity contribution is -0.137. The molecule has 0 saturated heterocycles. The van der Waals surface area contributed by atoms with Crippen molar-refractivity contribution in [2.75, 3.05) is 0 Å². The van der Waals surface area contributed by atoms with Crippen LogP contribution in [0.1, 0.15) is 53.9 Å². The average molecular weight is 186 g/mol. The second kappa shape index (κ2) is 4.12. The Bertz CT molecular complexity index is 175. The molecule has 1 N–H and O–H groups in total. The quantitative estimate of drug-likeness (QED) is 0.731. The predicted octanol–water partition coefficient (Wildman–Crippen LogP) is 3.31. The van der Waals surface area contributed by atoms with Gasteiger partial charge in [0.15, 0.2) is 0 Å². The molecule has 0 aromatic heterocycles. The predicted molar refractivity (Wildman–Crippen MR) is 54.7 cm³/mol. The fourth-order valence-electron chi connectivity index (χ4n) is 1.06. The number of hydrogen-bond donors (Lipinski definition) is 1. The summed E-state index contributed by atoms with van der Waals surface area (Å²) >= 11 is 0. The van der Waals surface area contributed by atoms with Gasteiger partial charge in [0.05, 0.1) is 0 Å². The lowest BCUT2D eigenvalue weighted by Gasteiger charge is -2.39. The number of hydrogen-bond acceptors (Lipinski definition) is 1. The van der Waals surface area contributed by atoms with Crippen molar-refractivity contribution in [3.63, 3.8) is 0 Å². The van der Waals surface area contributed by atoms with Crippen LogP contribution in [-0.4, -0.2) is 11.1 Å². The Kier molecular flexibility index (Phi) is 3.95. The highest BCUT2D eigenvalue weighted by Crippen LogP contribution is 2.41. The highest BCUT2D eigenvalue weighted by Gasteiger charge is 2.31. The minimum Gasteiger partial charge on any atom is -0.481 e. The van der Waals surface area contributed by atoms with Gasteiger partial charge in [0, 0.05) is 6.42 Å². The zero-order chi connectivity index (χ0) is 10.7. The lowest BCUT2D eigenvalue weighted by atomic mass is 9.67. The van der Waals surface area contributed by atoms with E-state index in [1.807, 2.05) is 0 Å². The Morgan fingerprint density at radius 2 is 1.62 bits per heavy atom. The summed E-state index contributed by atoms with van der Waals surface area (Å²) in [4.78, 5) is 10.3. The van der Waals surface area contributed by atoms with Gasteiger partial charge in [0.1, 0.15) is 0 Å². The van der Waals surface area contributed by atoms with Crippen molar-refractivity contribution < 1.29 is 9.90 Å². The first-order chi connectivity index (χ1) is 5.67. The Hall–Kier alpha value is -0.530. The smallest absolute Gasteiger partial charge is 0.303 e. The molecule has 0 fully saturated rings. The van der Waals surface area contributed by atoms with Gasteiger partial charge in [0.25, 0.3) is 0 Å². The zero-order valence-corrected chi connectivity index (χ0v) is 9.48. The van der Waals surface area contributed by atoms with E-state index in [1.54, 1.807) is 0 Å². The summed E-state index contributed by atoms with van der Waals surface area (Å²) in [5, 5.41) is 8.51. The molecule has 2 nitrogen and oxygen atoms in total. The standard InChI is InChI=1S/C11H22O2/c1-10(2,3)11(4,5)8-6-7-9(12)13/h6-8H2,1-5H3,(H,12,13). The number of carbonyl (C=O) groups is 1. The van der Waals surface area contributed by atoms with Crippen molar-refractivity contribution >= 4 is 5.97 Å². The van der Waals surface area contributed by atoms with E-state index in [9.17, 15) is 4.79 Å². The largest absolute Gasteiger partial charge is 0.481 e. The maximum absolute atomic E-state index is 10.3. The van der Waals surface area contributed by atoms with E-state index in [0.717, 1.165) is 12.8 Å². The summed E-state index contributed by atoms with van der Waals surface area (Å²) in [6.45, 7) is 11.0. The molecule has 0 rings (SSSR count). The van der Waals surface area contributed by atoms with Crippen LogP contribution in [0.5, 0.6) is 0 Å². The van der Waals surface area contributed by atoms with E-state index in [4.69, 9.17) is 5.11 Å². The van der Waals surface area contributed by atoms with Gasteiger partial charge in [-0.25, -0.2) is 0 Å². The van der Waals surface area contributed by atoms with Gasteiger partial charge in [-0.05, 0) is 23.7 Å². The van der Waals surface area contributed by atoms with Crippen LogP contribution >= 0.6 is 0 Å². The van der Waals surface area contributed by atoms with E-state index in [0.29, 0.717) is 6.42 Å². The van der Waals surface area contributed by atoms with E-state index in [1.165, 1.54) is 0 Å². The maximum atomic E-state index is 10.3. The molecule has 0 radical (unpaired) electrons. The summed E-state index contributed by atoms with van der Waals surface area (Å²) in [6.07, 6.45) is 2.04. The highest BCUT2D eigenvalue weighted by molar-refractivity contribution is 5.66. The molecule has 2 heteroatoms. The molecule has 0 aliphatic rings. The molecule has 0 unspecified atom stereocenters.